The first-order valence-electron chi connectivity index (χ1n) is 5.46. The minimum atomic E-state index is -0.135. The topological polar surface area (TPSA) is 38.3 Å². The van der Waals surface area contributed by atoms with Gasteiger partial charge in [0.15, 0.2) is 0 Å². The molecule has 0 rings (SSSR count). The summed E-state index contributed by atoms with van der Waals surface area (Å²) in [5, 5.41) is 3.38. The Bertz CT molecular complexity index is 159. The number of rotatable bonds is 7. The highest BCUT2D eigenvalue weighted by Gasteiger charge is 2.14. The Morgan fingerprint density at radius 1 is 1.43 bits per heavy atom. The number of hydrogen-bond donors (Lipinski definition) is 1. The molecule has 0 aliphatic carbocycles. The molecule has 0 spiro atoms. The molecule has 0 aromatic carbocycles. The van der Waals surface area contributed by atoms with Crippen molar-refractivity contribution in [1.82, 2.24) is 5.32 Å². The van der Waals surface area contributed by atoms with Crippen molar-refractivity contribution in [3.63, 3.8) is 0 Å². The lowest BCUT2D eigenvalue weighted by atomic mass is 10.1. The average Bonchev–Trinajstić information content (AvgIpc) is 2.22. The van der Waals surface area contributed by atoms with Crippen LogP contribution in [0, 0.1) is 5.92 Å². The van der Waals surface area contributed by atoms with E-state index in [0.717, 1.165) is 6.42 Å². The summed E-state index contributed by atoms with van der Waals surface area (Å²) < 4.78 is 4.66. The van der Waals surface area contributed by atoms with Crippen LogP contribution in [0.2, 0.25) is 0 Å². The van der Waals surface area contributed by atoms with Gasteiger partial charge in [0.25, 0.3) is 0 Å². The predicted octanol–water partition coefficient (Wildman–Crippen LogP) is 1.96. The van der Waals surface area contributed by atoms with E-state index in [-0.39, 0.29) is 11.9 Å². The van der Waals surface area contributed by atoms with Crippen LogP contribution in [0.15, 0.2) is 0 Å². The fraction of sp³-hybridized carbons (Fsp3) is 0.909. The number of carbonyl (C=O) groups excluding carboxylic acids is 1. The molecule has 84 valence electrons. The summed E-state index contributed by atoms with van der Waals surface area (Å²) in [6.45, 7) is 6.94. The van der Waals surface area contributed by atoms with E-state index in [0.29, 0.717) is 12.6 Å². The van der Waals surface area contributed by atoms with E-state index in [2.05, 4.69) is 23.9 Å². The van der Waals surface area contributed by atoms with Crippen molar-refractivity contribution in [3.05, 3.63) is 0 Å². The first kappa shape index (κ1) is 13.4. The second kappa shape index (κ2) is 7.80. The van der Waals surface area contributed by atoms with Gasteiger partial charge >= 0.3 is 5.97 Å². The Labute approximate surface area is 87.2 Å². The van der Waals surface area contributed by atoms with E-state index in [1.807, 2.05) is 6.92 Å². The SMILES string of the molecule is CCCC(CC)NCC(C)C(=O)OC. The van der Waals surface area contributed by atoms with Crippen LogP contribution in [0.3, 0.4) is 0 Å². The van der Waals surface area contributed by atoms with Gasteiger partial charge < -0.3 is 10.1 Å². The largest absolute Gasteiger partial charge is 0.469 e. The Morgan fingerprint density at radius 3 is 2.50 bits per heavy atom. The molecule has 1 N–H and O–H groups in total. The molecule has 3 heteroatoms. The van der Waals surface area contributed by atoms with Gasteiger partial charge in [0.05, 0.1) is 13.0 Å². The maximum absolute atomic E-state index is 11.1. The maximum atomic E-state index is 11.1. The van der Waals surface area contributed by atoms with E-state index in [1.165, 1.54) is 20.0 Å². The zero-order valence-corrected chi connectivity index (χ0v) is 9.80. The Hall–Kier alpha value is -0.570. The summed E-state index contributed by atoms with van der Waals surface area (Å²) in [7, 11) is 1.43. The van der Waals surface area contributed by atoms with Gasteiger partial charge in [-0.15, -0.1) is 0 Å². The fourth-order valence-corrected chi connectivity index (χ4v) is 1.43. The zero-order chi connectivity index (χ0) is 11.0. The lowest BCUT2D eigenvalue weighted by Gasteiger charge is -2.18. The van der Waals surface area contributed by atoms with Crippen molar-refractivity contribution >= 4 is 5.97 Å². The van der Waals surface area contributed by atoms with Gasteiger partial charge in [0.2, 0.25) is 0 Å². The summed E-state index contributed by atoms with van der Waals surface area (Å²) in [5.74, 6) is -0.185. The van der Waals surface area contributed by atoms with E-state index >= 15 is 0 Å². The molecule has 0 aliphatic rings. The van der Waals surface area contributed by atoms with Gasteiger partial charge in [-0.2, -0.15) is 0 Å². The summed E-state index contributed by atoms with van der Waals surface area (Å²) in [6, 6.07) is 0.534. The quantitative estimate of drug-likeness (QED) is 0.640. The van der Waals surface area contributed by atoms with Gasteiger partial charge in [-0.05, 0) is 12.8 Å². The molecule has 0 saturated carbocycles. The highest BCUT2D eigenvalue weighted by molar-refractivity contribution is 5.72. The molecule has 2 unspecified atom stereocenters. The molecule has 0 aliphatic heterocycles. The fourth-order valence-electron chi connectivity index (χ4n) is 1.43. The Morgan fingerprint density at radius 2 is 2.07 bits per heavy atom. The Kier molecular flexibility index (Phi) is 7.48. The van der Waals surface area contributed by atoms with E-state index in [1.54, 1.807) is 0 Å². The molecular weight excluding hydrogens is 178 g/mol. The third kappa shape index (κ3) is 5.22. The molecule has 0 aromatic rings. The predicted molar refractivity (Wildman–Crippen MR) is 58.2 cm³/mol. The van der Waals surface area contributed by atoms with Crippen molar-refractivity contribution < 1.29 is 9.53 Å². The number of ether oxygens (including phenoxy) is 1. The minimum absolute atomic E-state index is 0.0501. The van der Waals surface area contributed by atoms with E-state index in [4.69, 9.17) is 0 Å². The van der Waals surface area contributed by atoms with Crippen LogP contribution in [0.5, 0.6) is 0 Å². The molecule has 0 heterocycles. The van der Waals surface area contributed by atoms with E-state index < -0.39 is 0 Å². The van der Waals surface area contributed by atoms with Gasteiger partial charge in [0.1, 0.15) is 0 Å². The second-order valence-corrected chi connectivity index (χ2v) is 3.73. The molecule has 3 nitrogen and oxygen atoms in total. The summed E-state index contributed by atoms with van der Waals surface area (Å²) in [5.41, 5.74) is 0. The Balaban J connectivity index is 3.72. The molecule has 0 saturated heterocycles. The third-order valence-corrected chi connectivity index (χ3v) is 2.45. The molecule has 0 fully saturated rings. The first-order chi connectivity index (χ1) is 6.65. The van der Waals surface area contributed by atoms with Crippen LogP contribution < -0.4 is 5.32 Å². The number of esters is 1. The van der Waals surface area contributed by atoms with Crippen LogP contribution in [-0.4, -0.2) is 25.7 Å². The molecule has 14 heavy (non-hydrogen) atoms. The maximum Gasteiger partial charge on any atom is 0.309 e. The molecule has 0 aromatic heterocycles. The summed E-state index contributed by atoms with van der Waals surface area (Å²) >= 11 is 0. The van der Waals surface area contributed by atoms with Gasteiger partial charge in [-0.3, -0.25) is 4.79 Å². The lowest BCUT2D eigenvalue weighted by Crippen LogP contribution is -2.34. The standard InChI is InChI=1S/C11H23NO2/c1-5-7-10(6-2)12-8-9(3)11(13)14-4/h9-10,12H,5-8H2,1-4H3. The molecule has 2 atom stereocenters. The van der Waals surface area contributed by atoms with Crippen LogP contribution in [0.1, 0.15) is 40.0 Å². The van der Waals surface area contributed by atoms with Gasteiger partial charge in [-0.25, -0.2) is 0 Å². The second-order valence-electron chi connectivity index (χ2n) is 3.73. The van der Waals surface area contributed by atoms with Crippen molar-refractivity contribution in [2.45, 2.75) is 46.1 Å². The third-order valence-electron chi connectivity index (χ3n) is 2.45. The number of carbonyl (C=O) groups is 1. The number of nitrogens with one attached hydrogen (secondary N) is 1. The van der Waals surface area contributed by atoms with Crippen molar-refractivity contribution in [2.24, 2.45) is 5.92 Å². The molecular formula is C11H23NO2. The van der Waals surface area contributed by atoms with Crippen molar-refractivity contribution in [2.75, 3.05) is 13.7 Å². The normalized spacial score (nSPS) is 14.9. The minimum Gasteiger partial charge on any atom is -0.469 e. The first-order valence-corrected chi connectivity index (χ1v) is 5.46. The monoisotopic (exact) mass is 201 g/mol. The van der Waals surface area contributed by atoms with Crippen LogP contribution in [-0.2, 0) is 9.53 Å². The smallest absolute Gasteiger partial charge is 0.309 e. The number of hydrogen-bond acceptors (Lipinski definition) is 3. The lowest BCUT2D eigenvalue weighted by molar-refractivity contribution is -0.144. The summed E-state index contributed by atoms with van der Waals surface area (Å²) in [6.07, 6.45) is 3.46. The molecule has 0 amide bonds. The van der Waals surface area contributed by atoms with Crippen molar-refractivity contribution in [3.8, 4) is 0 Å². The zero-order valence-electron chi connectivity index (χ0n) is 9.80. The van der Waals surface area contributed by atoms with Gasteiger partial charge in [0, 0.05) is 12.6 Å². The number of methoxy groups -OCH3 is 1. The molecule has 0 bridgehead atoms. The molecule has 0 radical (unpaired) electrons. The van der Waals surface area contributed by atoms with Crippen LogP contribution >= 0.6 is 0 Å². The van der Waals surface area contributed by atoms with Crippen LogP contribution in [0.4, 0.5) is 0 Å². The highest BCUT2D eigenvalue weighted by Crippen LogP contribution is 2.03. The van der Waals surface area contributed by atoms with Crippen molar-refractivity contribution in [1.29, 1.82) is 0 Å². The highest BCUT2D eigenvalue weighted by atomic mass is 16.5. The van der Waals surface area contributed by atoms with Crippen LogP contribution in [0.25, 0.3) is 0 Å². The van der Waals surface area contributed by atoms with E-state index in [9.17, 15) is 4.79 Å². The van der Waals surface area contributed by atoms with Gasteiger partial charge in [-0.1, -0.05) is 27.2 Å². The summed E-state index contributed by atoms with van der Waals surface area (Å²) in [4.78, 5) is 11.1. The average molecular weight is 201 g/mol.